The molecule has 8 heteroatoms. The fourth-order valence-corrected chi connectivity index (χ4v) is 2.55. The zero-order valence-corrected chi connectivity index (χ0v) is 16.4. The number of hydrogen-bond donors (Lipinski definition) is 3. The Balaban J connectivity index is 1.84. The quantitative estimate of drug-likeness (QED) is 0.637. The Morgan fingerprint density at radius 3 is 1.62 bits per heavy atom. The minimum atomic E-state index is -0.246. The predicted molar refractivity (Wildman–Crippen MR) is 111 cm³/mol. The number of nitrogens with zero attached hydrogens (tertiary/aromatic N) is 2. The van der Waals surface area contributed by atoms with Crippen LogP contribution in [-0.4, -0.2) is 42.3 Å². The molecule has 8 nitrogen and oxygen atoms in total. The largest absolute Gasteiger partial charge is 0.326 e. The third kappa shape index (κ3) is 7.44. The van der Waals surface area contributed by atoms with Gasteiger partial charge in [-0.1, -0.05) is 6.92 Å². The fraction of sp³-hybridized carbons (Fsp3) is 0.238. The molecule has 0 unspecified atom stereocenters. The van der Waals surface area contributed by atoms with Gasteiger partial charge in [-0.2, -0.15) is 5.26 Å². The molecule has 29 heavy (non-hydrogen) atoms. The average Bonchev–Trinajstić information content (AvgIpc) is 2.69. The van der Waals surface area contributed by atoms with E-state index in [0.717, 1.165) is 0 Å². The molecule has 0 saturated heterocycles. The Labute approximate surface area is 169 Å². The van der Waals surface area contributed by atoms with Crippen molar-refractivity contribution in [3.63, 3.8) is 0 Å². The van der Waals surface area contributed by atoms with Gasteiger partial charge in [0.05, 0.1) is 24.7 Å². The molecule has 2 rings (SSSR count). The monoisotopic (exact) mass is 393 g/mol. The summed E-state index contributed by atoms with van der Waals surface area (Å²) < 4.78 is 0. The number of amides is 3. The van der Waals surface area contributed by atoms with Gasteiger partial charge in [-0.05, 0) is 55.1 Å². The van der Waals surface area contributed by atoms with Gasteiger partial charge in [-0.3, -0.25) is 19.3 Å². The summed E-state index contributed by atoms with van der Waals surface area (Å²) in [6.07, 6.45) is 0. The van der Waals surface area contributed by atoms with Crippen molar-refractivity contribution in [2.24, 2.45) is 0 Å². The fourth-order valence-electron chi connectivity index (χ4n) is 2.55. The Morgan fingerprint density at radius 1 is 0.828 bits per heavy atom. The molecule has 0 saturated carbocycles. The molecule has 0 aromatic heterocycles. The highest BCUT2D eigenvalue weighted by atomic mass is 16.2. The molecule has 0 heterocycles. The Hall–Kier alpha value is -3.70. The Morgan fingerprint density at radius 2 is 1.24 bits per heavy atom. The van der Waals surface area contributed by atoms with Crippen LogP contribution in [0.3, 0.4) is 0 Å². The van der Waals surface area contributed by atoms with Gasteiger partial charge in [-0.25, -0.2) is 0 Å². The van der Waals surface area contributed by atoms with E-state index >= 15 is 0 Å². The SMILES string of the molecule is CCN(CC(=O)Nc1ccc(C#N)cc1)CC(=O)Nc1ccc(NC(C)=O)cc1. The van der Waals surface area contributed by atoms with Crippen LogP contribution in [0.1, 0.15) is 19.4 Å². The van der Waals surface area contributed by atoms with Gasteiger partial charge in [0.15, 0.2) is 0 Å². The van der Waals surface area contributed by atoms with Gasteiger partial charge < -0.3 is 16.0 Å². The molecule has 0 spiro atoms. The number of anilines is 3. The smallest absolute Gasteiger partial charge is 0.238 e. The minimum Gasteiger partial charge on any atom is -0.326 e. The summed E-state index contributed by atoms with van der Waals surface area (Å²) in [6.45, 7) is 3.93. The number of carbonyl (C=O) groups excluding carboxylic acids is 3. The molecule has 2 aromatic rings. The van der Waals surface area contributed by atoms with Crippen LogP contribution >= 0.6 is 0 Å². The van der Waals surface area contributed by atoms with Crippen molar-refractivity contribution in [1.82, 2.24) is 4.90 Å². The second-order valence-corrected chi connectivity index (χ2v) is 6.35. The third-order valence-electron chi connectivity index (χ3n) is 3.97. The van der Waals surface area contributed by atoms with Gasteiger partial charge in [0.25, 0.3) is 0 Å². The molecule has 0 aliphatic carbocycles. The summed E-state index contributed by atoms with van der Waals surface area (Å²) in [5.41, 5.74) is 2.35. The molecule has 0 fully saturated rings. The number of carbonyl (C=O) groups is 3. The van der Waals surface area contributed by atoms with Gasteiger partial charge >= 0.3 is 0 Å². The topological polar surface area (TPSA) is 114 Å². The van der Waals surface area contributed by atoms with Crippen LogP contribution in [-0.2, 0) is 14.4 Å². The second-order valence-electron chi connectivity index (χ2n) is 6.35. The molecule has 150 valence electrons. The van der Waals surface area contributed by atoms with Crippen LogP contribution in [0.4, 0.5) is 17.1 Å². The normalized spacial score (nSPS) is 10.1. The van der Waals surface area contributed by atoms with Crippen LogP contribution in [0, 0.1) is 11.3 Å². The lowest BCUT2D eigenvalue weighted by Gasteiger charge is -2.19. The van der Waals surface area contributed by atoms with Gasteiger partial charge in [0.1, 0.15) is 0 Å². The molecule has 3 amide bonds. The maximum Gasteiger partial charge on any atom is 0.238 e. The summed E-state index contributed by atoms with van der Waals surface area (Å²) in [5, 5.41) is 17.0. The molecular formula is C21H23N5O3. The van der Waals surface area contributed by atoms with Crippen LogP contribution in [0.15, 0.2) is 48.5 Å². The molecular weight excluding hydrogens is 370 g/mol. The lowest BCUT2D eigenvalue weighted by atomic mass is 10.2. The molecule has 2 aromatic carbocycles. The van der Waals surface area contributed by atoms with Gasteiger partial charge in [-0.15, -0.1) is 0 Å². The van der Waals surface area contributed by atoms with Crippen molar-refractivity contribution in [3.05, 3.63) is 54.1 Å². The van der Waals surface area contributed by atoms with E-state index in [1.54, 1.807) is 53.4 Å². The zero-order chi connectivity index (χ0) is 21.2. The maximum absolute atomic E-state index is 12.3. The minimum absolute atomic E-state index is 0.0603. The summed E-state index contributed by atoms with van der Waals surface area (Å²) in [4.78, 5) is 37.2. The average molecular weight is 393 g/mol. The highest BCUT2D eigenvalue weighted by molar-refractivity contribution is 5.95. The van der Waals surface area contributed by atoms with E-state index in [0.29, 0.717) is 29.2 Å². The molecule has 0 bridgehead atoms. The van der Waals surface area contributed by atoms with E-state index in [9.17, 15) is 14.4 Å². The number of nitrogens with one attached hydrogen (secondary N) is 3. The van der Waals surface area contributed by atoms with Crippen molar-refractivity contribution >= 4 is 34.8 Å². The summed E-state index contributed by atoms with van der Waals surface area (Å²) >= 11 is 0. The van der Waals surface area contributed by atoms with Crippen LogP contribution in [0.2, 0.25) is 0 Å². The first-order valence-corrected chi connectivity index (χ1v) is 9.09. The predicted octanol–water partition coefficient (Wildman–Crippen LogP) is 2.42. The van der Waals surface area contributed by atoms with Crippen molar-refractivity contribution in [2.75, 3.05) is 35.6 Å². The van der Waals surface area contributed by atoms with Crippen molar-refractivity contribution < 1.29 is 14.4 Å². The molecule has 0 aliphatic rings. The molecule has 0 radical (unpaired) electrons. The Kier molecular flexibility index (Phi) is 7.88. The van der Waals surface area contributed by atoms with E-state index in [1.807, 2.05) is 13.0 Å². The summed E-state index contributed by atoms with van der Waals surface area (Å²) in [7, 11) is 0. The first-order valence-electron chi connectivity index (χ1n) is 9.09. The third-order valence-corrected chi connectivity index (χ3v) is 3.97. The highest BCUT2D eigenvalue weighted by Crippen LogP contribution is 2.13. The van der Waals surface area contributed by atoms with E-state index < -0.39 is 0 Å². The molecule has 3 N–H and O–H groups in total. The number of hydrogen-bond acceptors (Lipinski definition) is 5. The van der Waals surface area contributed by atoms with Crippen molar-refractivity contribution in [2.45, 2.75) is 13.8 Å². The van der Waals surface area contributed by atoms with Crippen molar-refractivity contribution in [1.29, 1.82) is 5.26 Å². The Bertz CT molecular complexity index is 901. The van der Waals surface area contributed by atoms with Gasteiger partial charge in [0.2, 0.25) is 17.7 Å². The highest BCUT2D eigenvalue weighted by Gasteiger charge is 2.13. The van der Waals surface area contributed by atoms with E-state index in [2.05, 4.69) is 16.0 Å². The van der Waals surface area contributed by atoms with E-state index in [1.165, 1.54) is 6.92 Å². The first kappa shape index (κ1) is 21.6. The van der Waals surface area contributed by atoms with Crippen LogP contribution in [0.5, 0.6) is 0 Å². The summed E-state index contributed by atoms with van der Waals surface area (Å²) in [6, 6.07) is 15.3. The number of benzene rings is 2. The standard InChI is InChI=1S/C21H23N5O3/c1-3-26(13-20(28)24-18-6-4-16(12-22)5-7-18)14-21(29)25-19-10-8-17(9-11-19)23-15(2)27/h4-11H,3,13-14H2,1-2H3,(H,23,27)(H,24,28)(H,25,29). The maximum atomic E-state index is 12.3. The summed E-state index contributed by atoms with van der Waals surface area (Å²) in [5.74, 6) is -0.658. The van der Waals surface area contributed by atoms with E-state index in [4.69, 9.17) is 5.26 Å². The van der Waals surface area contributed by atoms with Crippen molar-refractivity contribution in [3.8, 4) is 6.07 Å². The van der Waals surface area contributed by atoms with Crippen LogP contribution < -0.4 is 16.0 Å². The van der Waals surface area contributed by atoms with Gasteiger partial charge in [0, 0.05) is 24.0 Å². The zero-order valence-electron chi connectivity index (χ0n) is 16.4. The molecule has 0 aliphatic heterocycles. The lowest BCUT2D eigenvalue weighted by Crippen LogP contribution is -2.38. The first-order chi connectivity index (χ1) is 13.9. The number of rotatable bonds is 8. The van der Waals surface area contributed by atoms with Crippen LogP contribution in [0.25, 0.3) is 0 Å². The molecule has 0 atom stereocenters. The lowest BCUT2D eigenvalue weighted by molar-refractivity contribution is -0.120. The van der Waals surface area contributed by atoms with E-state index in [-0.39, 0.29) is 30.8 Å². The number of nitriles is 1. The number of likely N-dealkylation sites (N-methyl/N-ethyl adjacent to an activating group) is 1. The second kappa shape index (κ2) is 10.6.